The average molecular weight is 237 g/mol. The average Bonchev–Trinajstić information content (AvgIpc) is 2.63. The third kappa shape index (κ3) is 2.43. The van der Waals surface area contributed by atoms with Gasteiger partial charge in [-0.2, -0.15) is 0 Å². The molecule has 0 aliphatic carbocycles. The van der Waals surface area contributed by atoms with Gasteiger partial charge >= 0.3 is 6.09 Å². The van der Waals surface area contributed by atoms with E-state index in [2.05, 4.69) is 9.97 Å². The van der Waals surface area contributed by atoms with Gasteiger partial charge in [-0.25, -0.2) is 9.78 Å². The monoisotopic (exact) mass is 237 g/mol. The van der Waals surface area contributed by atoms with E-state index in [1.54, 1.807) is 11.2 Å². The number of ether oxygens (including phenoxy) is 1. The van der Waals surface area contributed by atoms with Crippen molar-refractivity contribution in [3.8, 4) is 0 Å². The van der Waals surface area contributed by atoms with Crippen LogP contribution in [0.1, 0.15) is 45.1 Å². The number of rotatable bonds is 0. The van der Waals surface area contributed by atoms with Crippen LogP contribution >= 0.6 is 0 Å². The van der Waals surface area contributed by atoms with Crippen molar-refractivity contribution in [3.63, 3.8) is 0 Å². The Kier molecular flexibility index (Phi) is 2.85. The number of carbonyl (C=O) groups excluding carboxylic acids is 1. The van der Waals surface area contributed by atoms with Crippen molar-refractivity contribution in [2.75, 3.05) is 6.54 Å². The minimum absolute atomic E-state index is 0.0279. The van der Waals surface area contributed by atoms with E-state index < -0.39 is 5.60 Å². The molecule has 1 aliphatic rings. The lowest BCUT2D eigenvalue weighted by Crippen LogP contribution is -2.42. The van der Waals surface area contributed by atoms with E-state index in [1.165, 1.54) is 0 Å². The summed E-state index contributed by atoms with van der Waals surface area (Å²) in [6.07, 6.45) is 2.22. The molecule has 1 aliphatic heterocycles. The molecule has 17 heavy (non-hydrogen) atoms. The number of H-pyrrole nitrogens is 1. The molecule has 1 N–H and O–H groups in total. The van der Waals surface area contributed by atoms with E-state index >= 15 is 0 Å². The Bertz CT molecular complexity index is 420. The van der Waals surface area contributed by atoms with Gasteiger partial charge in [-0.3, -0.25) is 4.90 Å². The number of imidazole rings is 1. The predicted octanol–water partition coefficient (Wildman–Crippen LogP) is 2.26. The second kappa shape index (κ2) is 4.05. The minimum Gasteiger partial charge on any atom is -0.444 e. The first-order valence-corrected chi connectivity index (χ1v) is 5.90. The lowest BCUT2D eigenvalue weighted by Gasteiger charge is -2.34. The largest absolute Gasteiger partial charge is 0.444 e. The first-order chi connectivity index (χ1) is 7.88. The SMILES string of the molecule is C[C@@H]1c2nc[nH]c2CCN1C(=O)OC(C)(C)C. The third-order valence-corrected chi connectivity index (χ3v) is 2.85. The summed E-state index contributed by atoms with van der Waals surface area (Å²) in [5.74, 6) is 0. The molecule has 5 nitrogen and oxygen atoms in total. The maximum Gasteiger partial charge on any atom is 0.410 e. The molecule has 0 unspecified atom stereocenters. The number of nitrogens with one attached hydrogen (secondary N) is 1. The minimum atomic E-state index is -0.456. The number of aromatic nitrogens is 2. The second-order valence-corrected chi connectivity index (χ2v) is 5.37. The van der Waals surface area contributed by atoms with E-state index in [1.807, 2.05) is 27.7 Å². The second-order valence-electron chi connectivity index (χ2n) is 5.37. The van der Waals surface area contributed by atoms with Crippen LogP contribution in [0.15, 0.2) is 6.33 Å². The number of carbonyl (C=O) groups is 1. The Hall–Kier alpha value is -1.52. The molecule has 5 heteroatoms. The van der Waals surface area contributed by atoms with Gasteiger partial charge in [0.25, 0.3) is 0 Å². The molecular weight excluding hydrogens is 218 g/mol. The Morgan fingerprint density at radius 2 is 2.29 bits per heavy atom. The summed E-state index contributed by atoms with van der Waals surface area (Å²) >= 11 is 0. The summed E-state index contributed by atoms with van der Waals surface area (Å²) in [6, 6.07) is -0.0279. The lowest BCUT2D eigenvalue weighted by atomic mass is 10.1. The molecule has 1 atom stereocenters. The molecule has 0 bridgehead atoms. The fourth-order valence-electron chi connectivity index (χ4n) is 2.04. The fourth-order valence-corrected chi connectivity index (χ4v) is 2.04. The van der Waals surface area contributed by atoms with Gasteiger partial charge in [-0.1, -0.05) is 0 Å². The van der Waals surface area contributed by atoms with Crippen LogP contribution in [-0.4, -0.2) is 33.1 Å². The summed E-state index contributed by atoms with van der Waals surface area (Å²) in [7, 11) is 0. The zero-order chi connectivity index (χ0) is 12.6. The lowest BCUT2D eigenvalue weighted by molar-refractivity contribution is 0.0155. The van der Waals surface area contributed by atoms with Crippen molar-refractivity contribution in [1.29, 1.82) is 0 Å². The highest BCUT2D eigenvalue weighted by Crippen LogP contribution is 2.27. The van der Waals surface area contributed by atoms with Crippen LogP contribution in [0, 0.1) is 0 Å². The first kappa shape index (κ1) is 12.0. The van der Waals surface area contributed by atoms with E-state index in [0.29, 0.717) is 6.54 Å². The molecule has 1 aromatic heterocycles. The van der Waals surface area contributed by atoms with Crippen LogP contribution in [-0.2, 0) is 11.2 Å². The number of nitrogens with zero attached hydrogens (tertiary/aromatic N) is 2. The van der Waals surface area contributed by atoms with Gasteiger partial charge in [0.05, 0.1) is 18.1 Å². The van der Waals surface area contributed by atoms with Gasteiger partial charge in [0.1, 0.15) is 5.60 Å². The summed E-state index contributed by atoms with van der Waals surface area (Å²) in [5, 5.41) is 0. The highest BCUT2D eigenvalue weighted by Gasteiger charge is 2.32. The van der Waals surface area contributed by atoms with Crippen molar-refractivity contribution < 1.29 is 9.53 Å². The number of aromatic amines is 1. The summed E-state index contributed by atoms with van der Waals surface area (Å²) in [6.45, 7) is 8.27. The topological polar surface area (TPSA) is 58.2 Å². The highest BCUT2D eigenvalue weighted by atomic mass is 16.6. The standard InChI is InChI=1S/C12H19N3O2/c1-8-10-9(13-7-14-10)5-6-15(8)11(16)17-12(2,3)4/h7-8H,5-6H2,1-4H3,(H,13,14)/t8-/m1/s1. The quantitative estimate of drug-likeness (QED) is 0.753. The van der Waals surface area contributed by atoms with Gasteiger partial charge in [0.2, 0.25) is 0 Å². The number of hydrogen-bond donors (Lipinski definition) is 1. The van der Waals surface area contributed by atoms with Crippen LogP contribution in [0.5, 0.6) is 0 Å². The molecule has 94 valence electrons. The normalized spacial score (nSPS) is 20.0. The molecule has 1 amide bonds. The molecule has 0 saturated carbocycles. The van der Waals surface area contributed by atoms with Crippen molar-refractivity contribution in [1.82, 2.24) is 14.9 Å². The summed E-state index contributed by atoms with van der Waals surface area (Å²) < 4.78 is 5.39. The Morgan fingerprint density at radius 3 is 2.94 bits per heavy atom. The smallest absolute Gasteiger partial charge is 0.410 e. The molecule has 0 saturated heterocycles. The van der Waals surface area contributed by atoms with Crippen LogP contribution < -0.4 is 0 Å². The first-order valence-electron chi connectivity index (χ1n) is 5.90. The maximum atomic E-state index is 12.0. The zero-order valence-electron chi connectivity index (χ0n) is 10.8. The van der Waals surface area contributed by atoms with Gasteiger partial charge in [0, 0.05) is 18.7 Å². The Balaban J connectivity index is 2.12. The maximum absolute atomic E-state index is 12.0. The van der Waals surface area contributed by atoms with Gasteiger partial charge in [-0.05, 0) is 27.7 Å². The predicted molar refractivity (Wildman–Crippen MR) is 63.6 cm³/mol. The van der Waals surface area contributed by atoms with Crippen LogP contribution in [0.4, 0.5) is 4.79 Å². The molecule has 2 rings (SSSR count). The number of fused-ring (bicyclic) bond motifs is 1. The summed E-state index contributed by atoms with van der Waals surface area (Å²) in [4.78, 5) is 21.1. The van der Waals surface area contributed by atoms with Crippen LogP contribution in [0.3, 0.4) is 0 Å². The molecule has 0 radical (unpaired) electrons. The zero-order valence-corrected chi connectivity index (χ0v) is 10.8. The highest BCUT2D eigenvalue weighted by molar-refractivity contribution is 5.69. The number of hydrogen-bond acceptors (Lipinski definition) is 3. The van der Waals surface area contributed by atoms with E-state index in [9.17, 15) is 4.79 Å². The van der Waals surface area contributed by atoms with Gasteiger partial charge in [0.15, 0.2) is 0 Å². The van der Waals surface area contributed by atoms with Crippen molar-refractivity contribution in [2.45, 2.75) is 45.8 Å². The molecule has 1 aromatic rings. The molecular formula is C12H19N3O2. The molecule has 0 fully saturated rings. The van der Waals surface area contributed by atoms with E-state index in [-0.39, 0.29) is 12.1 Å². The summed E-state index contributed by atoms with van der Waals surface area (Å²) in [5.41, 5.74) is 1.61. The van der Waals surface area contributed by atoms with Gasteiger partial charge in [-0.15, -0.1) is 0 Å². The van der Waals surface area contributed by atoms with Crippen LogP contribution in [0.2, 0.25) is 0 Å². The van der Waals surface area contributed by atoms with Crippen molar-refractivity contribution in [2.24, 2.45) is 0 Å². The van der Waals surface area contributed by atoms with Crippen molar-refractivity contribution in [3.05, 3.63) is 17.7 Å². The molecule has 0 aromatic carbocycles. The van der Waals surface area contributed by atoms with Crippen molar-refractivity contribution >= 4 is 6.09 Å². The Morgan fingerprint density at radius 1 is 1.59 bits per heavy atom. The van der Waals surface area contributed by atoms with Gasteiger partial charge < -0.3 is 9.72 Å². The van der Waals surface area contributed by atoms with E-state index in [0.717, 1.165) is 17.8 Å². The van der Waals surface area contributed by atoms with E-state index in [4.69, 9.17) is 4.74 Å². The Labute approximate surface area is 101 Å². The third-order valence-electron chi connectivity index (χ3n) is 2.85. The molecule has 0 spiro atoms. The molecule has 2 heterocycles. The van der Waals surface area contributed by atoms with Crippen LogP contribution in [0.25, 0.3) is 0 Å². The fraction of sp³-hybridized carbons (Fsp3) is 0.667. The number of amides is 1.